The van der Waals surface area contributed by atoms with E-state index in [4.69, 9.17) is 16.1 Å². The van der Waals surface area contributed by atoms with Gasteiger partial charge in [0.2, 0.25) is 0 Å². The van der Waals surface area contributed by atoms with Crippen LogP contribution in [0.5, 0.6) is 0 Å². The average molecular weight is 171 g/mol. The second kappa shape index (κ2) is 2.10. The standard InChI is InChI=1S/C6H3ClN2O2/c7-3-1-4-5(10)9-11-6(4)8-2-3/h1-2H,(H,9,10). The Bertz CT molecular complexity index is 445. The summed E-state index contributed by atoms with van der Waals surface area (Å²) in [6.07, 6.45) is 1.42. The van der Waals surface area contributed by atoms with E-state index < -0.39 is 0 Å². The van der Waals surface area contributed by atoms with Gasteiger partial charge in [0.05, 0.1) is 5.02 Å². The summed E-state index contributed by atoms with van der Waals surface area (Å²) in [5.41, 5.74) is -0.0330. The van der Waals surface area contributed by atoms with E-state index in [1.54, 1.807) is 0 Å². The molecular formula is C6H3ClN2O2. The number of fused-ring (bicyclic) bond motifs is 1. The molecule has 2 aromatic heterocycles. The molecule has 0 fully saturated rings. The minimum atomic E-state index is -0.310. The Labute approximate surface area is 65.8 Å². The van der Waals surface area contributed by atoms with Crippen molar-refractivity contribution in [2.24, 2.45) is 0 Å². The van der Waals surface area contributed by atoms with Crippen LogP contribution in [0, 0.1) is 0 Å². The number of nitrogens with one attached hydrogen (secondary N) is 1. The van der Waals surface area contributed by atoms with Gasteiger partial charge in [-0.05, 0) is 6.07 Å². The van der Waals surface area contributed by atoms with Gasteiger partial charge in [-0.15, -0.1) is 0 Å². The lowest BCUT2D eigenvalue weighted by molar-refractivity contribution is 0.441. The van der Waals surface area contributed by atoms with E-state index >= 15 is 0 Å². The molecular weight excluding hydrogens is 168 g/mol. The second-order valence-corrected chi connectivity index (χ2v) is 2.48. The van der Waals surface area contributed by atoms with Gasteiger partial charge < -0.3 is 4.52 Å². The highest BCUT2D eigenvalue weighted by Crippen LogP contribution is 2.11. The number of aromatic amines is 1. The van der Waals surface area contributed by atoms with Gasteiger partial charge in [-0.2, -0.15) is 5.16 Å². The fourth-order valence-corrected chi connectivity index (χ4v) is 0.978. The predicted molar refractivity (Wildman–Crippen MR) is 39.6 cm³/mol. The quantitative estimate of drug-likeness (QED) is 0.646. The number of nitrogens with zero attached hydrogens (tertiary/aromatic N) is 1. The summed E-state index contributed by atoms with van der Waals surface area (Å²) in [4.78, 5) is 14.7. The topological polar surface area (TPSA) is 58.9 Å². The average Bonchev–Trinajstić information content (AvgIpc) is 2.33. The van der Waals surface area contributed by atoms with Crippen LogP contribution in [0.4, 0.5) is 0 Å². The Balaban J connectivity index is 2.99. The maximum Gasteiger partial charge on any atom is 0.289 e. The van der Waals surface area contributed by atoms with Crippen molar-refractivity contribution in [3.8, 4) is 0 Å². The molecule has 0 spiro atoms. The first-order valence-corrected chi connectivity index (χ1v) is 3.28. The summed E-state index contributed by atoms with van der Waals surface area (Å²) in [5.74, 6) is 0. The Kier molecular flexibility index (Phi) is 1.22. The molecule has 0 saturated heterocycles. The zero-order valence-electron chi connectivity index (χ0n) is 5.30. The first-order chi connectivity index (χ1) is 5.27. The second-order valence-electron chi connectivity index (χ2n) is 2.04. The highest BCUT2D eigenvalue weighted by Gasteiger charge is 2.03. The zero-order chi connectivity index (χ0) is 7.84. The van der Waals surface area contributed by atoms with Crippen LogP contribution in [-0.4, -0.2) is 10.1 Å². The molecule has 56 valence electrons. The van der Waals surface area contributed by atoms with E-state index in [2.05, 4.69) is 10.1 Å². The van der Waals surface area contributed by atoms with Gasteiger partial charge in [0.1, 0.15) is 5.39 Å². The first-order valence-electron chi connectivity index (χ1n) is 2.90. The molecule has 0 aliphatic carbocycles. The monoisotopic (exact) mass is 170 g/mol. The van der Waals surface area contributed by atoms with Crippen molar-refractivity contribution in [3.63, 3.8) is 0 Å². The Morgan fingerprint density at radius 2 is 2.45 bits per heavy atom. The van der Waals surface area contributed by atoms with Crippen LogP contribution >= 0.6 is 11.6 Å². The van der Waals surface area contributed by atoms with Gasteiger partial charge >= 0.3 is 0 Å². The van der Waals surface area contributed by atoms with Crippen LogP contribution in [0.15, 0.2) is 21.6 Å². The molecule has 0 bridgehead atoms. The fraction of sp³-hybridized carbons (Fsp3) is 0. The van der Waals surface area contributed by atoms with Gasteiger partial charge in [0, 0.05) is 6.20 Å². The maximum atomic E-state index is 10.9. The lowest BCUT2D eigenvalue weighted by Gasteiger charge is -1.84. The summed E-state index contributed by atoms with van der Waals surface area (Å²) < 4.78 is 4.70. The number of aromatic nitrogens is 2. The molecule has 11 heavy (non-hydrogen) atoms. The van der Waals surface area contributed by atoms with E-state index in [-0.39, 0.29) is 11.3 Å². The first kappa shape index (κ1) is 6.42. The van der Waals surface area contributed by atoms with Gasteiger partial charge in [0.15, 0.2) is 0 Å². The van der Waals surface area contributed by atoms with E-state index in [9.17, 15) is 4.79 Å². The third-order valence-electron chi connectivity index (χ3n) is 1.30. The maximum absolute atomic E-state index is 10.9. The van der Waals surface area contributed by atoms with E-state index in [1.165, 1.54) is 12.3 Å². The van der Waals surface area contributed by atoms with Gasteiger partial charge in [-0.25, -0.2) is 4.98 Å². The molecule has 2 rings (SSSR count). The fourth-order valence-electron chi connectivity index (χ4n) is 0.820. The Morgan fingerprint density at radius 3 is 3.27 bits per heavy atom. The molecule has 1 N–H and O–H groups in total. The molecule has 0 aromatic carbocycles. The molecule has 0 radical (unpaired) electrons. The molecule has 0 saturated carbocycles. The molecule has 0 atom stereocenters. The number of halogens is 1. The van der Waals surface area contributed by atoms with Crippen molar-refractivity contribution in [2.45, 2.75) is 0 Å². The third kappa shape index (κ3) is 0.914. The molecule has 5 heteroatoms. The molecule has 0 aliphatic rings. The lowest BCUT2D eigenvalue weighted by Crippen LogP contribution is -1.96. The van der Waals surface area contributed by atoms with Gasteiger partial charge in [-0.1, -0.05) is 11.6 Å². The Hall–Kier alpha value is -1.29. The molecule has 0 aliphatic heterocycles. The highest BCUT2D eigenvalue weighted by atomic mass is 35.5. The zero-order valence-corrected chi connectivity index (χ0v) is 6.05. The summed E-state index contributed by atoms with van der Waals surface area (Å²) in [7, 11) is 0. The molecule has 0 unspecified atom stereocenters. The van der Waals surface area contributed by atoms with Gasteiger partial charge in [0.25, 0.3) is 11.3 Å². The molecule has 2 heterocycles. The van der Waals surface area contributed by atoms with Crippen molar-refractivity contribution in [2.75, 3.05) is 0 Å². The summed E-state index contributed by atoms with van der Waals surface area (Å²) in [6.45, 7) is 0. The van der Waals surface area contributed by atoms with E-state index in [0.717, 1.165) is 0 Å². The number of hydrogen-bond acceptors (Lipinski definition) is 3. The number of rotatable bonds is 0. The van der Waals surface area contributed by atoms with Gasteiger partial charge in [-0.3, -0.25) is 4.79 Å². The Morgan fingerprint density at radius 1 is 1.64 bits per heavy atom. The smallest absolute Gasteiger partial charge is 0.289 e. The number of hydrogen-bond donors (Lipinski definition) is 1. The van der Waals surface area contributed by atoms with E-state index in [0.29, 0.717) is 10.4 Å². The normalized spacial score (nSPS) is 10.6. The van der Waals surface area contributed by atoms with Crippen LogP contribution in [0.2, 0.25) is 5.02 Å². The lowest BCUT2D eigenvalue weighted by atomic mass is 10.4. The minimum Gasteiger partial charge on any atom is -0.358 e. The highest BCUT2D eigenvalue weighted by molar-refractivity contribution is 6.31. The molecule has 0 amide bonds. The van der Waals surface area contributed by atoms with Crippen molar-refractivity contribution in [1.82, 2.24) is 10.1 Å². The minimum absolute atomic E-state index is 0.277. The van der Waals surface area contributed by atoms with Crippen molar-refractivity contribution < 1.29 is 4.52 Å². The molecule has 4 nitrogen and oxygen atoms in total. The summed E-state index contributed by atoms with van der Waals surface area (Å²) >= 11 is 5.59. The summed E-state index contributed by atoms with van der Waals surface area (Å²) in [5, 5.41) is 2.95. The van der Waals surface area contributed by atoms with E-state index in [1.807, 2.05) is 0 Å². The van der Waals surface area contributed by atoms with Crippen molar-refractivity contribution in [1.29, 1.82) is 0 Å². The largest absolute Gasteiger partial charge is 0.358 e. The van der Waals surface area contributed by atoms with Crippen LogP contribution in [0.25, 0.3) is 11.1 Å². The SMILES string of the molecule is O=c1[nH]oc2ncc(Cl)cc12. The third-order valence-corrected chi connectivity index (χ3v) is 1.51. The number of H-pyrrole nitrogens is 1. The van der Waals surface area contributed by atoms with Crippen LogP contribution in [0.3, 0.4) is 0 Å². The summed E-state index contributed by atoms with van der Waals surface area (Å²) in [6, 6.07) is 1.51. The van der Waals surface area contributed by atoms with Crippen LogP contribution in [-0.2, 0) is 0 Å². The molecule has 2 aromatic rings. The van der Waals surface area contributed by atoms with Crippen molar-refractivity contribution >= 4 is 22.7 Å². The predicted octanol–water partition coefficient (Wildman–Crippen LogP) is 1.17. The number of pyridine rings is 1. The van der Waals surface area contributed by atoms with Crippen LogP contribution in [0.1, 0.15) is 0 Å². The van der Waals surface area contributed by atoms with Crippen LogP contribution < -0.4 is 5.56 Å². The van der Waals surface area contributed by atoms with Crippen molar-refractivity contribution in [3.05, 3.63) is 27.6 Å².